The quantitative estimate of drug-likeness (QED) is 0.595. The number of nitrogens with one attached hydrogen (secondary N) is 1. The number of nitrogens with zero attached hydrogens (tertiary/aromatic N) is 2. The van der Waals surface area contributed by atoms with Gasteiger partial charge in [-0.25, -0.2) is 8.42 Å². The first-order chi connectivity index (χ1) is 15.7. The van der Waals surface area contributed by atoms with Gasteiger partial charge in [0.2, 0.25) is 28.6 Å². The molecule has 1 aliphatic heterocycles. The topological polar surface area (TPSA) is 105 Å². The third kappa shape index (κ3) is 5.57. The van der Waals surface area contributed by atoms with Crippen molar-refractivity contribution in [1.82, 2.24) is 10.2 Å². The number of amides is 2. The number of carbonyl (C=O) groups excluding carboxylic acids is 2. The van der Waals surface area contributed by atoms with Crippen LogP contribution in [0.5, 0.6) is 11.5 Å². The fraction of sp³-hybridized carbons (Fsp3) is 0.391. The Kier molecular flexibility index (Phi) is 7.47. The molecular formula is C23H29N3O6S. The standard InChI is InChI=1S/C23H29N3O6S/c1-5-33(29,30)26(19-10-11-20-21(12-19)32-15-31-20)14-22(27)25(17(3)23(28)24-4)13-18-8-6-16(2)7-9-18/h6-12,17H,5,13-15H2,1-4H3,(H,24,28)/t17-/m0/s1. The molecule has 0 unspecified atom stereocenters. The summed E-state index contributed by atoms with van der Waals surface area (Å²) in [6, 6.07) is 11.5. The van der Waals surface area contributed by atoms with Crippen LogP contribution < -0.4 is 19.1 Å². The summed E-state index contributed by atoms with van der Waals surface area (Å²) in [5.74, 6) is -0.123. The van der Waals surface area contributed by atoms with E-state index in [0.29, 0.717) is 11.5 Å². The molecule has 2 amide bonds. The second-order valence-electron chi connectivity index (χ2n) is 7.74. The van der Waals surface area contributed by atoms with Crippen LogP contribution in [0, 0.1) is 6.92 Å². The molecule has 2 aromatic carbocycles. The van der Waals surface area contributed by atoms with Crippen molar-refractivity contribution in [1.29, 1.82) is 0 Å². The van der Waals surface area contributed by atoms with Crippen molar-refractivity contribution in [3.8, 4) is 11.5 Å². The summed E-state index contributed by atoms with van der Waals surface area (Å²) in [6.07, 6.45) is 0. The number of ether oxygens (including phenoxy) is 2. The summed E-state index contributed by atoms with van der Waals surface area (Å²) in [5, 5.41) is 2.55. The number of likely N-dealkylation sites (N-methyl/N-ethyl adjacent to an activating group) is 1. The van der Waals surface area contributed by atoms with E-state index in [2.05, 4.69) is 5.32 Å². The molecule has 1 aliphatic rings. The number of sulfonamides is 1. The van der Waals surface area contributed by atoms with Crippen molar-refractivity contribution in [3.05, 3.63) is 53.6 Å². The number of fused-ring (bicyclic) bond motifs is 1. The van der Waals surface area contributed by atoms with E-state index in [-0.39, 0.29) is 30.7 Å². The maximum absolute atomic E-state index is 13.4. The number of hydrogen-bond donors (Lipinski definition) is 1. The van der Waals surface area contributed by atoms with Crippen LogP contribution in [0.4, 0.5) is 5.69 Å². The highest BCUT2D eigenvalue weighted by molar-refractivity contribution is 7.92. The number of benzene rings is 2. The van der Waals surface area contributed by atoms with Gasteiger partial charge in [0.1, 0.15) is 12.6 Å². The number of carbonyl (C=O) groups is 2. The van der Waals surface area contributed by atoms with Crippen LogP contribution in [-0.2, 0) is 26.2 Å². The number of anilines is 1. The van der Waals surface area contributed by atoms with Gasteiger partial charge >= 0.3 is 0 Å². The lowest BCUT2D eigenvalue weighted by Crippen LogP contribution is -2.50. The summed E-state index contributed by atoms with van der Waals surface area (Å²) < 4.78 is 37.6. The molecule has 0 aliphatic carbocycles. The van der Waals surface area contributed by atoms with Gasteiger partial charge in [0, 0.05) is 19.7 Å². The summed E-state index contributed by atoms with van der Waals surface area (Å²) in [5.41, 5.74) is 2.19. The monoisotopic (exact) mass is 475 g/mol. The molecule has 0 saturated carbocycles. The first kappa shape index (κ1) is 24.4. The minimum absolute atomic E-state index is 0.0478. The summed E-state index contributed by atoms with van der Waals surface area (Å²) >= 11 is 0. The molecule has 9 nitrogen and oxygen atoms in total. The normalized spacial score (nSPS) is 13.3. The lowest BCUT2D eigenvalue weighted by molar-refractivity contribution is -0.139. The molecule has 178 valence electrons. The van der Waals surface area contributed by atoms with E-state index < -0.39 is 28.5 Å². The summed E-state index contributed by atoms with van der Waals surface area (Å²) in [4.78, 5) is 27.2. The van der Waals surface area contributed by atoms with Crippen molar-refractivity contribution in [2.45, 2.75) is 33.4 Å². The molecule has 0 aromatic heterocycles. The second-order valence-corrected chi connectivity index (χ2v) is 9.92. The molecular weight excluding hydrogens is 446 g/mol. The van der Waals surface area contributed by atoms with Crippen LogP contribution in [0.2, 0.25) is 0 Å². The molecule has 1 heterocycles. The van der Waals surface area contributed by atoms with Crippen molar-refractivity contribution < 1.29 is 27.5 Å². The van der Waals surface area contributed by atoms with Crippen LogP contribution in [0.1, 0.15) is 25.0 Å². The van der Waals surface area contributed by atoms with Crippen LogP contribution in [0.25, 0.3) is 0 Å². The van der Waals surface area contributed by atoms with Gasteiger partial charge in [0.05, 0.1) is 11.4 Å². The maximum atomic E-state index is 13.4. The number of rotatable bonds is 9. The van der Waals surface area contributed by atoms with E-state index >= 15 is 0 Å². The molecule has 0 spiro atoms. The van der Waals surface area contributed by atoms with Gasteiger partial charge in [-0.1, -0.05) is 29.8 Å². The smallest absolute Gasteiger partial charge is 0.244 e. The van der Waals surface area contributed by atoms with Crippen molar-refractivity contribution in [2.24, 2.45) is 0 Å². The molecule has 10 heteroatoms. The summed E-state index contributed by atoms with van der Waals surface area (Å²) in [7, 11) is -2.31. The number of aryl methyl sites for hydroxylation is 1. The Bertz CT molecular complexity index is 1120. The SMILES string of the molecule is CCS(=O)(=O)N(CC(=O)N(Cc1ccc(C)cc1)[C@@H](C)C(=O)NC)c1ccc2c(c1)OCO2. The Labute approximate surface area is 194 Å². The van der Waals surface area contributed by atoms with E-state index in [1.807, 2.05) is 31.2 Å². The van der Waals surface area contributed by atoms with E-state index in [1.54, 1.807) is 19.1 Å². The van der Waals surface area contributed by atoms with E-state index in [1.165, 1.54) is 24.9 Å². The maximum Gasteiger partial charge on any atom is 0.244 e. The first-order valence-electron chi connectivity index (χ1n) is 10.6. The zero-order chi connectivity index (χ0) is 24.2. The zero-order valence-corrected chi connectivity index (χ0v) is 20.0. The second kappa shape index (κ2) is 10.1. The Hall–Kier alpha value is -3.27. The van der Waals surface area contributed by atoms with E-state index in [9.17, 15) is 18.0 Å². The van der Waals surface area contributed by atoms with Crippen LogP contribution >= 0.6 is 0 Å². The van der Waals surface area contributed by atoms with Crippen molar-refractivity contribution in [2.75, 3.05) is 30.4 Å². The van der Waals surface area contributed by atoms with Crippen LogP contribution in [0.3, 0.4) is 0 Å². The van der Waals surface area contributed by atoms with Crippen molar-refractivity contribution in [3.63, 3.8) is 0 Å². The third-order valence-corrected chi connectivity index (χ3v) is 7.25. The minimum Gasteiger partial charge on any atom is -0.454 e. The van der Waals surface area contributed by atoms with Crippen LogP contribution in [-0.4, -0.2) is 57.3 Å². The number of hydrogen-bond acceptors (Lipinski definition) is 6. The first-order valence-corrected chi connectivity index (χ1v) is 12.2. The predicted octanol–water partition coefficient (Wildman–Crippen LogP) is 2.04. The highest BCUT2D eigenvalue weighted by Gasteiger charge is 2.31. The average molecular weight is 476 g/mol. The molecule has 1 N–H and O–H groups in total. The van der Waals surface area contributed by atoms with Crippen molar-refractivity contribution >= 4 is 27.5 Å². The van der Waals surface area contributed by atoms with Gasteiger partial charge < -0.3 is 19.7 Å². The van der Waals surface area contributed by atoms with Gasteiger partial charge in [-0.05, 0) is 38.5 Å². The molecule has 0 bridgehead atoms. The Morgan fingerprint density at radius 3 is 2.39 bits per heavy atom. The lowest BCUT2D eigenvalue weighted by atomic mass is 10.1. The molecule has 0 fully saturated rings. The molecule has 0 radical (unpaired) electrons. The zero-order valence-electron chi connectivity index (χ0n) is 19.2. The fourth-order valence-electron chi connectivity index (χ4n) is 3.44. The van der Waals surface area contributed by atoms with E-state index in [4.69, 9.17) is 9.47 Å². The van der Waals surface area contributed by atoms with Gasteiger partial charge in [-0.3, -0.25) is 13.9 Å². The molecule has 2 aromatic rings. The largest absolute Gasteiger partial charge is 0.454 e. The van der Waals surface area contributed by atoms with Gasteiger partial charge in [-0.2, -0.15) is 0 Å². The Balaban J connectivity index is 1.93. The van der Waals surface area contributed by atoms with E-state index in [0.717, 1.165) is 15.4 Å². The highest BCUT2D eigenvalue weighted by atomic mass is 32.2. The minimum atomic E-state index is -3.80. The Morgan fingerprint density at radius 1 is 1.09 bits per heavy atom. The van der Waals surface area contributed by atoms with Crippen LogP contribution in [0.15, 0.2) is 42.5 Å². The molecule has 3 rings (SSSR count). The predicted molar refractivity (Wildman–Crippen MR) is 125 cm³/mol. The lowest BCUT2D eigenvalue weighted by Gasteiger charge is -2.31. The molecule has 1 atom stereocenters. The van der Waals surface area contributed by atoms with Gasteiger partial charge in [0.15, 0.2) is 11.5 Å². The molecule has 33 heavy (non-hydrogen) atoms. The molecule has 0 saturated heterocycles. The third-order valence-electron chi connectivity index (χ3n) is 5.51. The average Bonchev–Trinajstić information content (AvgIpc) is 3.28. The summed E-state index contributed by atoms with van der Waals surface area (Å²) in [6.45, 7) is 4.84. The fourth-order valence-corrected chi connectivity index (χ4v) is 4.50. The highest BCUT2D eigenvalue weighted by Crippen LogP contribution is 2.36. The Morgan fingerprint density at radius 2 is 1.76 bits per heavy atom. The van der Waals surface area contributed by atoms with Gasteiger partial charge in [0.25, 0.3) is 0 Å². The van der Waals surface area contributed by atoms with Gasteiger partial charge in [-0.15, -0.1) is 0 Å².